The average Bonchev–Trinajstić information content (AvgIpc) is 2.64. The highest BCUT2D eigenvalue weighted by atomic mass is 32.1. The van der Waals surface area contributed by atoms with Crippen LogP contribution >= 0.6 is 24.0 Å². The molecule has 0 saturated carbocycles. The first-order valence-electron chi connectivity index (χ1n) is 4.61. The molecule has 0 bridgehead atoms. The molecule has 0 spiro atoms. The summed E-state index contributed by atoms with van der Waals surface area (Å²) in [6, 6.07) is 9.75. The molecule has 0 radical (unpaired) electrons. The van der Waals surface area contributed by atoms with Crippen molar-refractivity contribution >= 4 is 29.7 Å². The Morgan fingerprint density at radius 1 is 1.27 bits per heavy atom. The lowest BCUT2D eigenvalue weighted by Gasteiger charge is -2.05. The van der Waals surface area contributed by atoms with E-state index in [1.807, 2.05) is 42.6 Å². The molecule has 3 heteroatoms. The number of aryl methyl sites for hydroxylation is 1. The lowest BCUT2D eigenvalue weighted by molar-refractivity contribution is 1.37. The van der Waals surface area contributed by atoms with Crippen molar-refractivity contribution in [2.24, 2.45) is 0 Å². The number of hydrogen-bond donors (Lipinski definition) is 2. The van der Waals surface area contributed by atoms with Gasteiger partial charge in [0.1, 0.15) is 0 Å². The van der Waals surface area contributed by atoms with Crippen LogP contribution in [-0.2, 0) is 0 Å². The van der Waals surface area contributed by atoms with E-state index in [2.05, 4.69) is 12.6 Å². The first kappa shape index (κ1) is 10.5. The van der Waals surface area contributed by atoms with E-state index in [1.54, 1.807) is 11.3 Å². The third kappa shape index (κ3) is 1.98. The third-order valence-corrected chi connectivity index (χ3v) is 3.69. The largest absolute Gasteiger partial charge is 0.299 e. The highest BCUT2D eigenvalue weighted by Gasteiger charge is 2.10. The minimum absolute atomic E-state index is 0.563. The number of hydrogen-bond acceptors (Lipinski definition) is 3. The molecule has 0 saturated heterocycles. The number of nitrogens with one attached hydrogen (secondary N) is 1. The number of benzene rings is 1. The first-order chi connectivity index (χ1) is 7.20. The molecule has 1 nitrogen and oxygen atoms in total. The van der Waals surface area contributed by atoms with Crippen LogP contribution < -0.4 is 0 Å². The fourth-order valence-corrected chi connectivity index (χ4v) is 2.60. The van der Waals surface area contributed by atoms with Gasteiger partial charge < -0.3 is 0 Å². The molecule has 2 rings (SSSR count). The van der Waals surface area contributed by atoms with Gasteiger partial charge in [-0.05, 0) is 30.0 Å². The van der Waals surface area contributed by atoms with E-state index in [1.165, 1.54) is 0 Å². The van der Waals surface area contributed by atoms with Gasteiger partial charge in [-0.25, -0.2) is 0 Å². The Labute approximate surface area is 98.7 Å². The second kappa shape index (κ2) is 4.21. The zero-order valence-electron chi connectivity index (χ0n) is 8.32. The summed E-state index contributed by atoms with van der Waals surface area (Å²) in [5.74, 6) is 0. The highest BCUT2D eigenvalue weighted by Crippen LogP contribution is 2.23. The molecule has 2 aromatic rings. The van der Waals surface area contributed by atoms with E-state index in [-0.39, 0.29) is 0 Å². The first-order valence-corrected chi connectivity index (χ1v) is 5.94. The second-order valence-electron chi connectivity index (χ2n) is 3.32. The van der Waals surface area contributed by atoms with Gasteiger partial charge in [-0.15, -0.1) is 24.0 Å². The average molecular weight is 233 g/mol. The monoisotopic (exact) mass is 233 g/mol. The Hall–Kier alpha value is -1.06. The molecule has 0 atom stereocenters. The van der Waals surface area contributed by atoms with Crippen LogP contribution in [0.2, 0.25) is 0 Å². The van der Waals surface area contributed by atoms with Gasteiger partial charge >= 0.3 is 0 Å². The number of thiol groups is 1. The van der Waals surface area contributed by atoms with Crippen molar-refractivity contribution in [3.8, 4) is 0 Å². The predicted octanol–water partition coefficient (Wildman–Crippen LogP) is 3.76. The van der Waals surface area contributed by atoms with Gasteiger partial charge in [-0.3, -0.25) is 5.41 Å². The Balaban J connectivity index is 2.46. The molecule has 76 valence electrons. The summed E-state index contributed by atoms with van der Waals surface area (Å²) in [5, 5.41) is 10.1. The van der Waals surface area contributed by atoms with Crippen molar-refractivity contribution in [2.75, 3.05) is 0 Å². The van der Waals surface area contributed by atoms with Gasteiger partial charge in [0.05, 0.1) is 10.6 Å². The van der Waals surface area contributed by atoms with Crippen LogP contribution in [0, 0.1) is 12.3 Å². The summed E-state index contributed by atoms with van der Waals surface area (Å²) < 4.78 is 0. The van der Waals surface area contributed by atoms with Crippen LogP contribution in [0.3, 0.4) is 0 Å². The summed E-state index contributed by atoms with van der Waals surface area (Å²) in [5.41, 5.74) is 2.61. The topological polar surface area (TPSA) is 23.9 Å². The predicted molar refractivity (Wildman–Crippen MR) is 68.7 cm³/mol. The lowest BCUT2D eigenvalue weighted by atomic mass is 10.1. The lowest BCUT2D eigenvalue weighted by Crippen LogP contribution is -2.01. The molecule has 0 fully saturated rings. The Bertz CT molecular complexity index is 500. The standard InChI is InChI=1S/C12H11NS2/c1-8-6-7-15-12(8)11(13)9-4-2-3-5-10(9)14/h2-7,13-14H,1H3. The van der Waals surface area contributed by atoms with Crippen molar-refractivity contribution in [3.05, 3.63) is 51.7 Å². The molecule has 0 aliphatic carbocycles. The molecule has 15 heavy (non-hydrogen) atoms. The van der Waals surface area contributed by atoms with Crippen molar-refractivity contribution in [1.82, 2.24) is 0 Å². The minimum Gasteiger partial charge on any atom is -0.299 e. The zero-order valence-corrected chi connectivity index (χ0v) is 10.0. The Kier molecular flexibility index (Phi) is 2.93. The van der Waals surface area contributed by atoms with E-state index < -0.39 is 0 Å². The third-order valence-electron chi connectivity index (χ3n) is 2.26. The quantitative estimate of drug-likeness (QED) is 0.583. The summed E-state index contributed by atoms with van der Waals surface area (Å²) in [6.07, 6.45) is 0. The summed E-state index contributed by atoms with van der Waals surface area (Å²) in [6.45, 7) is 2.03. The summed E-state index contributed by atoms with van der Waals surface area (Å²) >= 11 is 5.97. The fourth-order valence-electron chi connectivity index (χ4n) is 1.44. The van der Waals surface area contributed by atoms with Crippen molar-refractivity contribution in [2.45, 2.75) is 11.8 Å². The van der Waals surface area contributed by atoms with Crippen LogP contribution in [0.15, 0.2) is 40.6 Å². The van der Waals surface area contributed by atoms with Gasteiger partial charge in [0.15, 0.2) is 0 Å². The van der Waals surface area contributed by atoms with Crippen molar-refractivity contribution in [3.63, 3.8) is 0 Å². The van der Waals surface area contributed by atoms with E-state index in [4.69, 9.17) is 5.41 Å². The van der Waals surface area contributed by atoms with Gasteiger partial charge in [-0.2, -0.15) is 0 Å². The fraction of sp³-hybridized carbons (Fsp3) is 0.0833. The maximum absolute atomic E-state index is 8.13. The van der Waals surface area contributed by atoms with Crippen LogP contribution in [0.25, 0.3) is 0 Å². The maximum Gasteiger partial charge on any atom is 0.0798 e. The maximum atomic E-state index is 8.13. The molecule has 1 heterocycles. The van der Waals surface area contributed by atoms with E-state index in [0.717, 1.165) is 20.9 Å². The zero-order chi connectivity index (χ0) is 10.8. The second-order valence-corrected chi connectivity index (χ2v) is 4.72. The Morgan fingerprint density at radius 3 is 2.60 bits per heavy atom. The molecular weight excluding hydrogens is 222 g/mol. The summed E-state index contributed by atoms with van der Waals surface area (Å²) in [7, 11) is 0. The molecule has 1 aromatic heterocycles. The van der Waals surface area contributed by atoms with E-state index in [9.17, 15) is 0 Å². The van der Waals surface area contributed by atoms with Gasteiger partial charge in [0.2, 0.25) is 0 Å². The molecule has 1 N–H and O–H groups in total. The van der Waals surface area contributed by atoms with Crippen LogP contribution in [0.5, 0.6) is 0 Å². The summed E-state index contributed by atoms with van der Waals surface area (Å²) in [4.78, 5) is 1.88. The Morgan fingerprint density at radius 2 is 2.00 bits per heavy atom. The SMILES string of the molecule is Cc1ccsc1C(=N)c1ccccc1S. The van der Waals surface area contributed by atoms with E-state index >= 15 is 0 Å². The van der Waals surface area contributed by atoms with Gasteiger partial charge in [0.25, 0.3) is 0 Å². The smallest absolute Gasteiger partial charge is 0.0798 e. The van der Waals surface area contributed by atoms with E-state index in [0.29, 0.717) is 5.71 Å². The normalized spacial score (nSPS) is 10.3. The molecule has 1 aromatic carbocycles. The number of rotatable bonds is 2. The molecule has 0 amide bonds. The van der Waals surface area contributed by atoms with Crippen LogP contribution in [0.4, 0.5) is 0 Å². The molecule has 0 aliphatic rings. The van der Waals surface area contributed by atoms with Crippen LogP contribution in [0.1, 0.15) is 16.0 Å². The molecule has 0 aliphatic heterocycles. The van der Waals surface area contributed by atoms with Crippen molar-refractivity contribution in [1.29, 1.82) is 5.41 Å². The van der Waals surface area contributed by atoms with Gasteiger partial charge in [0, 0.05) is 10.5 Å². The highest BCUT2D eigenvalue weighted by molar-refractivity contribution is 7.80. The van der Waals surface area contributed by atoms with Crippen LogP contribution in [-0.4, -0.2) is 5.71 Å². The van der Waals surface area contributed by atoms with Crippen molar-refractivity contribution < 1.29 is 0 Å². The minimum atomic E-state index is 0.563. The number of thiophene rings is 1. The molecular formula is C12H11NS2. The van der Waals surface area contributed by atoms with Gasteiger partial charge in [-0.1, -0.05) is 18.2 Å². The molecule has 0 unspecified atom stereocenters.